The summed E-state index contributed by atoms with van der Waals surface area (Å²) >= 11 is 0. The fourth-order valence-electron chi connectivity index (χ4n) is 4.96. The molecule has 9 nitrogen and oxygen atoms in total. The third-order valence-electron chi connectivity index (χ3n) is 6.90. The number of carboxylic acids is 1. The number of nitrogens with zero attached hydrogens (tertiary/aromatic N) is 2. The quantitative estimate of drug-likeness (QED) is 0.456. The molecule has 0 aliphatic carbocycles. The van der Waals surface area contributed by atoms with Gasteiger partial charge in [0.15, 0.2) is 0 Å². The van der Waals surface area contributed by atoms with Crippen molar-refractivity contribution in [3.05, 3.63) is 29.3 Å². The van der Waals surface area contributed by atoms with Crippen LogP contribution in [-0.4, -0.2) is 78.3 Å². The van der Waals surface area contributed by atoms with Crippen LogP contribution in [0.2, 0.25) is 0 Å². The number of amides is 3. The molecule has 4 atom stereocenters. The lowest BCUT2D eigenvalue weighted by atomic mass is 9.95. The molecule has 1 aromatic rings. The smallest absolute Gasteiger partial charge is 0.327 e. The number of anilines is 1. The number of ether oxygens (including phenoxy) is 1. The predicted molar refractivity (Wildman–Crippen MR) is 127 cm³/mol. The number of rotatable bonds is 11. The minimum Gasteiger partial charge on any atom is -0.480 e. The van der Waals surface area contributed by atoms with Crippen LogP contribution in [0.3, 0.4) is 0 Å². The van der Waals surface area contributed by atoms with Gasteiger partial charge in [-0.15, -0.1) is 0 Å². The normalized spacial score (nSPS) is 20.6. The number of carbonyl (C=O) groups is 4. The van der Waals surface area contributed by atoms with Gasteiger partial charge in [-0.05, 0) is 29.9 Å². The number of aryl methyl sites for hydroxylation is 1. The number of nitrogens with one attached hydrogen (secondary N) is 1. The van der Waals surface area contributed by atoms with Gasteiger partial charge in [0.25, 0.3) is 0 Å². The van der Waals surface area contributed by atoms with E-state index in [-0.39, 0.29) is 38.0 Å². The number of aliphatic carboxylic acids is 1. The van der Waals surface area contributed by atoms with Crippen molar-refractivity contribution in [1.29, 1.82) is 0 Å². The molecule has 0 bridgehead atoms. The van der Waals surface area contributed by atoms with Crippen molar-refractivity contribution in [3.8, 4) is 0 Å². The Kier molecular flexibility index (Phi) is 8.82. The van der Waals surface area contributed by atoms with Gasteiger partial charge in [0, 0.05) is 19.9 Å². The summed E-state index contributed by atoms with van der Waals surface area (Å²) in [5.41, 5.74) is 2.32. The van der Waals surface area contributed by atoms with Crippen LogP contribution in [0.5, 0.6) is 0 Å². The van der Waals surface area contributed by atoms with E-state index in [9.17, 15) is 28.7 Å². The third-order valence-corrected chi connectivity index (χ3v) is 6.90. The van der Waals surface area contributed by atoms with Crippen molar-refractivity contribution in [2.75, 3.05) is 31.3 Å². The lowest BCUT2D eigenvalue weighted by Gasteiger charge is -2.35. The zero-order valence-corrected chi connectivity index (χ0v) is 20.5. The van der Waals surface area contributed by atoms with E-state index in [1.165, 1.54) is 16.7 Å². The fraction of sp³-hybridized carbons (Fsp3) is 0.600. The summed E-state index contributed by atoms with van der Waals surface area (Å²) in [6.45, 7) is 4.56. The molecule has 2 N–H and O–H groups in total. The second kappa shape index (κ2) is 11.6. The number of benzene rings is 1. The van der Waals surface area contributed by atoms with Crippen molar-refractivity contribution in [2.45, 2.75) is 64.6 Å². The highest BCUT2D eigenvalue weighted by Gasteiger charge is 2.45. The second-order valence-electron chi connectivity index (χ2n) is 9.14. The van der Waals surface area contributed by atoms with Crippen LogP contribution < -0.4 is 10.2 Å². The molecule has 3 rings (SSSR count). The Morgan fingerprint density at radius 1 is 1.29 bits per heavy atom. The second-order valence-corrected chi connectivity index (χ2v) is 9.14. The Balaban J connectivity index is 1.84. The first-order valence-corrected chi connectivity index (χ1v) is 12.1. The standard InChI is InChI=1S/C25H34FN3O6/c1-4-15(2)21(28(16(3)30)11-13-35-12-10-26)23(31)27-19-9-8-17-6-5-7-18-14-20(25(33)34)29(22(17)18)24(19)32/h5-7,15,19-21H,4,8-14H2,1-3H3,(H,27,31)(H,33,34)/t15-,19-,20-,21-/m0/s1. The fourth-order valence-corrected chi connectivity index (χ4v) is 4.96. The summed E-state index contributed by atoms with van der Waals surface area (Å²) in [6, 6.07) is 2.76. The molecule has 0 saturated heterocycles. The Labute approximate surface area is 204 Å². The first kappa shape index (κ1) is 26.6. The van der Waals surface area contributed by atoms with E-state index in [0.29, 0.717) is 24.9 Å². The van der Waals surface area contributed by atoms with Crippen molar-refractivity contribution in [3.63, 3.8) is 0 Å². The summed E-state index contributed by atoms with van der Waals surface area (Å²) in [5, 5.41) is 12.6. The molecule has 0 spiro atoms. The zero-order valence-electron chi connectivity index (χ0n) is 20.5. The highest BCUT2D eigenvalue weighted by atomic mass is 19.1. The Hall–Kier alpha value is -3.01. The van der Waals surface area contributed by atoms with Crippen LogP contribution in [0, 0.1) is 5.92 Å². The van der Waals surface area contributed by atoms with Gasteiger partial charge in [-0.1, -0.05) is 38.5 Å². The van der Waals surface area contributed by atoms with Gasteiger partial charge in [0.05, 0.1) is 18.9 Å². The average Bonchev–Trinajstić information content (AvgIpc) is 3.17. The number of carbonyl (C=O) groups excluding carboxylic acids is 3. The highest BCUT2D eigenvalue weighted by Crippen LogP contribution is 2.39. The molecule has 0 radical (unpaired) electrons. The molecule has 0 aromatic heterocycles. The molecule has 0 unspecified atom stereocenters. The molecule has 0 fully saturated rings. The zero-order chi connectivity index (χ0) is 25.7. The summed E-state index contributed by atoms with van der Waals surface area (Å²) in [7, 11) is 0. The minimum absolute atomic E-state index is 0.0816. The van der Waals surface area contributed by atoms with Gasteiger partial charge in [-0.2, -0.15) is 0 Å². The lowest BCUT2D eigenvalue weighted by Crippen LogP contribution is -2.58. The summed E-state index contributed by atoms with van der Waals surface area (Å²) in [4.78, 5) is 54.1. The number of hydrogen-bond acceptors (Lipinski definition) is 5. The van der Waals surface area contributed by atoms with E-state index >= 15 is 0 Å². The van der Waals surface area contributed by atoms with E-state index < -0.39 is 42.6 Å². The van der Waals surface area contributed by atoms with Gasteiger partial charge in [0.2, 0.25) is 17.7 Å². The van der Waals surface area contributed by atoms with Gasteiger partial charge in [0.1, 0.15) is 24.8 Å². The molecular weight excluding hydrogens is 457 g/mol. The Morgan fingerprint density at radius 3 is 2.63 bits per heavy atom. The van der Waals surface area contributed by atoms with Gasteiger partial charge in [-0.3, -0.25) is 19.3 Å². The average molecular weight is 492 g/mol. The molecule has 2 aliphatic rings. The lowest BCUT2D eigenvalue weighted by molar-refractivity contribution is -0.143. The van der Waals surface area contributed by atoms with Crippen LogP contribution in [0.1, 0.15) is 44.7 Å². The molecule has 10 heteroatoms. The van der Waals surface area contributed by atoms with E-state index in [4.69, 9.17) is 4.74 Å². The van der Waals surface area contributed by atoms with E-state index in [2.05, 4.69) is 5.32 Å². The van der Waals surface area contributed by atoms with Crippen molar-refractivity contribution in [1.82, 2.24) is 10.2 Å². The van der Waals surface area contributed by atoms with Crippen LogP contribution in [0.4, 0.5) is 10.1 Å². The molecule has 1 aromatic carbocycles. The van der Waals surface area contributed by atoms with Crippen molar-refractivity contribution < 1.29 is 33.4 Å². The van der Waals surface area contributed by atoms with Crippen LogP contribution in [0.15, 0.2) is 18.2 Å². The van der Waals surface area contributed by atoms with Crippen LogP contribution in [0.25, 0.3) is 0 Å². The van der Waals surface area contributed by atoms with Gasteiger partial charge >= 0.3 is 5.97 Å². The summed E-state index contributed by atoms with van der Waals surface area (Å²) < 4.78 is 17.6. The number of carboxylic acid groups (broad SMARTS) is 1. The number of hydrogen-bond donors (Lipinski definition) is 2. The van der Waals surface area contributed by atoms with Crippen LogP contribution in [-0.2, 0) is 36.8 Å². The molecular formula is C25H34FN3O6. The van der Waals surface area contributed by atoms with E-state index in [0.717, 1.165) is 11.1 Å². The largest absolute Gasteiger partial charge is 0.480 e. The van der Waals surface area contributed by atoms with Crippen molar-refractivity contribution in [2.24, 2.45) is 5.92 Å². The first-order chi connectivity index (χ1) is 16.7. The van der Waals surface area contributed by atoms with E-state index in [1.807, 2.05) is 32.0 Å². The third kappa shape index (κ3) is 5.63. The maximum atomic E-state index is 13.5. The molecule has 0 saturated carbocycles. The van der Waals surface area contributed by atoms with E-state index in [1.54, 1.807) is 0 Å². The highest BCUT2D eigenvalue weighted by molar-refractivity contribution is 6.07. The van der Waals surface area contributed by atoms with Gasteiger partial charge < -0.3 is 20.1 Å². The van der Waals surface area contributed by atoms with Crippen LogP contribution >= 0.6 is 0 Å². The maximum absolute atomic E-state index is 13.5. The number of alkyl halides is 1. The minimum atomic E-state index is -1.10. The summed E-state index contributed by atoms with van der Waals surface area (Å²) in [6.07, 6.45) is 1.65. The number of halogens is 1. The number of para-hydroxylation sites is 1. The topological polar surface area (TPSA) is 116 Å². The monoisotopic (exact) mass is 491 g/mol. The molecule has 2 aliphatic heterocycles. The molecule has 35 heavy (non-hydrogen) atoms. The Bertz CT molecular complexity index is 971. The predicted octanol–water partition coefficient (Wildman–Crippen LogP) is 1.71. The maximum Gasteiger partial charge on any atom is 0.327 e. The molecule has 3 amide bonds. The Morgan fingerprint density at radius 2 is 2.00 bits per heavy atom. The first-order valence-electron chi connectivity index (χ1n) is 12.1. The molecule has 2 heterocycles. The van der Waals surface area contributed by atoms with Crippen molar-refractivity contribution >= 4 is 29.4 Å². The molecule has 192 valence electrons. The SMILES string of the molecule is CC[C@H](C)[C@@H](C(=O)N[C@H]1CCc2cccc3c2N(C1=O)[C@H](C(=O)O)C3)N(CCOCCF)C(C)=O. The van der Waals surface area contributed by atoms with Gasteiger partial charge in [-0.25, -0.2) is 9.18 Å². The summed E-state index contributed by atoms with van der Waals surface area (Å²) in [5.74, 6) is -2.58.